The third-order valence-corrected chi connectivity index (χ3v) is 6.82. The van der Waals surface area contributed by atoms with Gasteiger partial charge in [-0.05, 0) is 73.2 Å². The van der Waals surface area contributed by atoms with Crippen LogP contribution < -0.4 is 15.5 Å². The summed E-state index contributed by atoms with van der Waals surface area (Å²) in [5.74, 6) is 0.827. The Morgan fingerprint density at radius 2 is 1.33 bits per heavy atom. The molecule has 0 aliphatic carbocycles. The van der Waals surface area contributed by atoms with Gasteiger partial charge < -0.3 is 20.0 Å². The number of hydrogen-bond donors (Lipinski definition) is 2. The summed E-state index contributed by atoms with van der Waals surface area (Å²) in [5, 5.41) is 25.0. The molecule has 9 heteroatoms. The molecule has 36 heavy (non-hydrogen) atoms. The number of anilines is 2. The predicted molar refractivity (Wildman–Crippen MR) is 142 cm³/mol. The first-order valence-electron chi connectivity index (χ1n) is 11.9. The smallest absolute Gasteiger partial charge is 0.350 e. The third-order valence-electron chi connectivity index (χ3n) is 6.57. The van der Waals surface area contributed by atoms with Gasteiger partial charge in [0, 0.05) is 42.6 Å². The summed E-state index contributed by atoms with van der Waals surface area (Å²) in [5.41, 5.74) is 3.32. The normalized spacial score (nSPS) is 14.8. The largest absolute Gasteiger partial charge is 0.508 e. The molecule has 4 aromatic rings. The van der Waals surface area contributed by atoms with Crippen LogP contribution in [0.15, 0.2) is 77.6 Å². The fraction of sp³-hybridized carbons (Fsp3) is 0.259. The number of aromatic hydroxyl groups is 1. The fourth-order valence-corrected chi connectivity index (χ4v) is 4.71. The molecule has 0 bridgehead atoms. The molecule has 186 valence electrons. The molecule has 0 amide bonds. The summed E-state index contributed by atoms with van der Waals surface area (Å²) >= 11 is 5.93. The van der Waals surface area contributed by atoms with Crippen LogP contribution in [0.2, 0.25) is 5.02 Å². The standard InChI is InChI=1S/C27H28ClN5O3/c1-19-29-32(18-26(35)20-2-4-21(28)5-3-20)27(36)33(19)24-8-6-22(7-9-24)30-14-16-31(17-15-30)23-10-12-25(34)13-11-23/h2-13,26,34-35H,14-18H2,1H3. The van der Waals surface area contributed by atoms with Crippen molar-refractivity contribution in [2.75, 3.05) is 36.0 Å². The van der Waals surface area contributed by atoms with Gasteiger partial charge in [-0.3, -0.25) is 0 Å². The Morgan fingerprint density at radius 1 is 0.833 bits per heavy atom. The monoisotopic (exact) mass is 505 g/mol. The highest BCUT2D eigenvalue weighted by Crippen LogP contribution is 2.24. The van der Waals surface area contributed by atoms with Crippen LogP contribution in [0.5, 0.6) is 5.75 Å². The highest BCUT2D eigenvalue weighted by atomic mass is 35.5. The maximum Gasteiger partial charge on any atom is 0.350 e. The van der Waals surface area contributed by atoms with Gasteiger partial charge in [0.05, 0.1) is 18.3 Å². The van der Waals surface area contributed by atoms with Crippen molar-refractivity contribution < 1.29 is 10.2 Å². The van der Waals surface area contributed by atoms with E-state index in [1.165, 1.54) is 4.68 Å². The van der Waals surface area contributed by atoms with E-state index in [1.54, 1.807) is 47.9 Å². The fourth-order valence-electron chi connectivity index (χ4n) is 4.59. The Kier molecular flexibility index (Phi) is 6.71. The highest BCUT2D eigenvalue weighted by molar-refractivity contribution is 6.30. The van der Waals surface area contributed by atoms with Crippen LogP contribution in [0.25, 0.3) is 5.69 Å². The van der Waals surface area contributed by atoms with Crippen molar-refractivity contribution in [3.63, 3.8) is 0 Å². The molecule has 5 rings (SSSR count). The summed E-state index contributed by atoms with van der Waals surface area (Å²) in [6.07, 6.45) is -0.870. The lowest BCUT2D eigenvalue weighted by Gasteiger charge is -2.37. The Balaban J connectivity index is 1.26. The van der Waals surface area contributed by atoms with Crippen molar-refractivity contribution in [3.8, 4) is 11.4 Å². The van der Waals surface area contributed by atoms with Crippen molar-refractivity contribution in [2.45, 2.75) is 19.6 Å². The molecule has 1 aromatic heterocycles. The van der Waals surface area contributed by atoms with Crippen molar-refractivity contribution in [2.24, 2.45) is 0 Å². The third kappa shape index (κ3) is 4.96. The number of benzene rings is 3. The molecule has 1 fully saturated rings. The number of aromatic nitrogens is 3. The van der Waals surface area contributed by atoms with E-state index in [9.17, 15) is 15.0 Å². The van der Waals surface area contributed by atoms with Gasteiger partial charge in [-0.1, -0.05) is 23.7 Å². The van der Waals surface area contributed by atoms with E-state index in [0.29, 0.717) is 16.4 Å². The maximum absolute atomic E-state index is 13.1. The van der Waals surface area contributed by atoms with Crippen LogP contribution in [-0.4, -0.2) is 50.7 Å². The van der Waals surface area contributed by atoms with Crippen LogP contribution in [0.3, 0.4) is 0 Å². The first-order valence-corrected chi connectivity index (χ1v) is 12.3. The average molecular weight is 506 g/mol. The molecule has 1 aliphatic rings. The second-order valence-corrected chi connectivity index (χ2v) is 9.36. The molecule has 0 spiro atoms. The van der Waals surface area contributed by atoms with E-state index in [1.807, 2.05) is 36.4 Å². The summed E-state index contributed by atoms with van der Waals surface area (Å²) in [6, 6.07) is 22.1. The summed E-state index contributed by atoms with van der Waals surface area (Å²) in [7, 11) is 0. The molecule has 1 unspecified atom stereocenters. The lowest BCUT2D eigenvalue weighted by molar-refractivity contribution is 0.149. The minimum atomic E-state index is -0.870. The molecule has 2 N–H and O–H groups in total. The van der Waals surface area contributed by atoms with E-state index >= 15 is 0 Å². The molecule has 1 aliphatic heterocycles. The molecular formula is C27H28ClN5O3. The number of rotatable bonds is 6. The Labute approximate surface area is 214 Å². The number of aliphatic hydroxyl groups is 1. The van der Waals surface area contributed by atoms with E-state index in [4.69, 9.17) is 11.6 Å². The van der Waals surface area contributed by atoms with Gasteiger partial charge in [-0.2, -0.15) is 5.10 Å². The van der Waals surface area contributed by atoms with Crippen molar-refractivity contribution in [1.82, 2.24) is 14.3 Å². The van der Waals surface area contributed by atoms with Gasteiger partial charge in [-0.25, -0.2) is 14.0 Å². The van der Waals surface area contributed by atoms with Crippen molar-refractivity contribution in [1.29, 1.82) is 0 Å². The summed E-state index contributed by atoms with van der Waals surface area (Å²) < 4.78 is 2.85. The highest BCUT2D eigenvalue weighted by Gasteiger charge is 2.19. The minimum absolute atomic E-state index is 0.0533. The minimum Gasteiger partial charge on any atom is -0.508 e. The molecule has 3 aromatic carbocycles. The van der Waals surface area contributed by atoms with Gasteiger partial charge in [0.25, 0.3) is 0 Å². The zero-order valence-corrected chi connectivity index (χ0v) is 20.7. The number of hydrogen-bond acceptors (Lipinski definition) is 6. The first-order chi connectivity index (χ1) is 17.4. The molecule has 1 atom stereocenters. The van der Waals surface area contributed by atoms with Crippen molar-refractivity contribution in [3.05, 3.63) is 99.7 Å². The molecule has 0 saturated carbocycles. The number of aliphatic hydroxyl groups excluding tert-OH is 1. The Hall–Kier alpha value is -3.75. The second kappa shape index (κ2) is 10.1. The number of halogens is 1. The van der Waals surface area contributed by atoms with Crippen LogP contribution in [-0.2, 0) is 6.54 Å². The number of phenolic OH excluding ortho intramolecular Hbond substituents is 1. The average Bonchev–Trinajstić information content (AvgIpc) is 3.17. The Bertz CT molecular complexity index is 1370. The van der Waals surface area contributed by atoms with Crippen LogP contribution in [0, 0.1) is 6.92 Å². The number of nitrogens with zero attached hydrogens (tertiary/aromatic N) is 5. The second-order valence-electron chi connectivity index (χ2n) is 8.92. The number of aryl methyl sites for hydroxylation is 1. The zero-order chi connectivity index (χ0) is 25.2. The SMILES string of the molecule is Cc1nn(CC(O)c2ccc(Cl)cc2)c(=O)n1-c1ccc(N2CCN(c3ccc(O)cc3)CC2)cc1. The van der Waals surface area contributed by atoms with E-state index in [-0.39, 0.29) is 18.0 Å². The summed E-state index contributed by atoms with van der Waals surface area (Å²) in [6.45, 7) is 5.35. The molecule has 1 saturated heterocycles. The van der Waals surface area contributed by atoms with Gasteiger partial charge in [-0.15, -0.1) is 0 Å². The molecule has 8 nitrogen and oxygen atoms in total. The number of phenols is 1. The lowest BCUT2D eigenvalue weighted by Crippen LogP contribution is -2.46. The van der Waals surface area contributed by atoms with E-state index in [2.05, 4.69) is 14.9 Å². The van der Waals surface area contributed by atoms with E-state index in [0.717, 1.165) is 43.2 Å². The van der Waals surface area contributed by atoms with Crippen LogP contribution in [0.1, 0.15) is 17.5 Å². The summed E-state index contributed by atoms with van der Waals surface area (Å²) in [4.78, 5) is 17.7. The molecule has 2 heterocycles. The zero-order valence-electron chi connectivity index (χ0n) is 20.0. The first kappa shape index (κ1) is 24.0. The quantitative estimate of drug-likeness (QED) is 0.415. The molecular weight excluding hydrogens is 478 g/mol. The van der Waals surface area contributed by atoms with Gasteiger partial charge in [0.15, 0.2) is 0 Å². The number of piperazine rings is 1. The maximum atomic E-state index is 13.1. The van der Waals surface area contributed by atoms with Crippen LogP contribution >= 0.6 is 11.6 Å². The molecule has 0 radical (unpaired) electrons. The predicted octanol–water partition coefficient (Wildman–Crippen LogP) is 3.76. The van der Waals surface area contributed by atoms with E-state index < -0.39 is 6.10 Å². The van der Waals surface area contributed by atoms with Gasteiger partial charge in [0.2, 0.25) is 0 Å². The lowest BCUT2D eigenvalue weighted by atomic mass is 10.1. The van der Waals surface area contributed by atoms with Gasteiger partial charge >= 0.3 is 5.69 Å². The Morgan fingerprint density at radius 3 is 1.89 bits per heavy atom. The van der Waals surface area contributed by atoms with Gasteiger partial charge in [0.1, 0.15) is 11.6 Å². The van der Waals surface area contributed by atoms with Crippen molar-refractivity contribution >= 4 is 23.0 Å². The van der Waals surface area contributed by atoms with Crippen LogP contribution in [0.4, 0.5) is 11.4 Å². The topological polar surface area (TPSA) is 86.8 Å².